The van der Waals surface area contributed by atoms with Crippen LogP contribution >= 0.6 is 0 Å². The normalized spacial score (nSPS) is 28.0. The maximum Gasteiger partial charge on any atom is 0.573 e. The van der Waals surface area contributed by atoms with Crippen molar-refractivity contribution in [2.24, 2.45) is 17.6 Å². The minimum Gasteiger partial charge on any atom is -0.406 e. The number of hydrogen-bond acceptors (Lipinski definition) is 3. The van der Waals surface area contributed by atoms with Crippen molar-refractivity contribution in [3.8, 4) is 5.75 Å². The van der Waals surface area contributed by atoms with E-state index < -0.39 is 6.36 Å². The van der Waals surface area contributed by atoms with Crippen molar-refractivity contribution >= 4 is 5.69 Å². The van der Waals surface area contributed by atoms with Crippen molar-refractivity contribution < 1.29 is 17.9 Å². The second kappa shape index (κ2) is 7.85. The van der Waals surface area contributed by atoms with Crippen LogP contribution in [0.5, 0.6) is 5.75 Å². The van der Waals surface area contributed by atoms with Crippen LogP contribution in [-0.4, -0.2) is 25.5 Å². The summed E-state index contributed by atoms with van der Waals surface area (Å²) in [6.07, 6.45) is 3.78. The van der Waals surface area contributed by atoms with Gasteiger partial charge in [-0.15, -0.1) is 13.2 Å². The summed E-state index contributed by atoms with van der Waals surface area (Å²) in [7, 11) is 0. The van der Waals surface area contributed by atoms with Gasteiger partial charge in [-0.25, -0.2) is 0 Å². The molecule has 3 rings (SSSR count). The number of hydrogen-bond donors (Lipinski definition) is 1. The molecule has 1 aromatic carbocycles. The highest BCUT2D eigenvalue weighted by Gasteiger charge is 2.31. The molecule has 1 aliphatic carbocycles. The average molecular weight is 356 g/mol. The molecule has 2 fully saturated rings. The van der Waals surface area contributed by atoms with Gasteiger partial charge in [0.1, 0.15) is 5.75 Å². The lowest BCUT2D eigenvalue weighted by Gasteiger charge is -2.38. The number of ether oxygens (including phenoxy) is 1. The molecule has 25 heavy (non-hydrogen) atoms. The predicted octanol–water partition coefficient (Wildman–Crippen LogP) is 4.71. The van der Waals surface area contributed by atoms with Crippen LogP contribution < -0.4 is 15.4 Å². The fourth-order valence-corrected chi connectivity index (χ4v) is 4.31. The molecular weight excluding hydrogens is 329 g/mol. The smallest absolute Gasteiger partial charge is 0.406 e. The van der Waals surface area contributed by atoms with Crippen LogP contribution in [0.4, 0.5) is 18.9 Å². The molecular formula is C19H27F3N2O. The van der Waals surface area contributed by atoms with E-state index in [0.29, 0.717) is 17.9 Å². The summed E-state index contributed by atoms with van der Waals surface area (Å²) in [6.45, 7) is 1.91. The first-order valence-corrected chi connectivity index (χ1v) is 9.27. The van der Waals surface area contributed by atoms with Crippen molar-refractivity contribution in [3.63, 3.8) is 0 Å². The van der Waals surface area contributed by atoms with Crippen LogP contribution in [0.25, 0.3) is 0 Å². The van der Waals surface area contributed by atoms with Crippen LogP contribution in [0.2, 0.25) is 0 Å². The number of alkyl halides is 3. The lowest BCUT2D eigenvalue weighted by atomic mass is 9.77. The van der Waals surface area contributed by atoms with E-state index in [2.05, 4.69) is 9.64 Å². The Morgan fingerprint density at radius 3 is 2.44 bits per heavy atom. The van der Waals surface area contributed by atoms with E-state index in [1.807, 2.05) is 0 Å². The lowest BCUT2D eigenvalue weighted by molar-refractivity contribution is -0.274. The van der Waals surface area contributed by atoms with Gasteiger partial charge in [-0.1, -0.05) is 12.8 Å². The largest absolute Gasteiger partial charge is 0.573 e. The first-order valence-electron chi connectivity index (χ1n) is 9.27. The van der Waals surface area contributed by atoms with Crippen molar-refractivity contribution in [2.45, 2.75) is 57.3 Å². The van der Waals surface area contributed by atoms with Crippen molar-refractivity contribution in [2.75, 3.05) is 18.0 Å². The summed E-state index contributed by atoms with van der Waals surface area (Å²) >= 11 is 0. The van der Waals surface area contributed by atoms with Gasteiger partial charge in [-0.2, -0.15) is 0 Å². The van der Waals surface area contributed by atoms with Gasteiger partial charge in [-0.05, 0) is 68.2 Å². The summed E-state index contributed by atoms with van der Waals surface area (Å²) in [6, 6.07) is 6.56. The fraction of sp³-hybridized carbons (Fsp3) is 0.684. The minimum atomic E-state index is -4.64. The molecule has 0 radical (unpaired) electrons. The standard InChI is InChI=1S/C19H27F3N2O/c20-19(21,22)25-17-9-7-16(8-10-17)24-11-3-4-14(13-24)12-15-5-1-2-6-18(15)23/h7-10,14-15,18H,1-6,11-13,23H2/t14-,15+,18-/m1/s1. The Bertz CT molecular complexity index is 547. The van der Waals surface area contributed by atoms with E-state index in [1.165, 1.54) is 44.2 Å². The van der Waals surface area contributed by atoms with Crippen LogP contribution in [0.15, 0.2) is 24.3 Å². The molecule has 6 heteroatoms. The SMILES string of the molecule is N[C@@H]1CCCC[C@H]1C[C@H]1CCCN(c2ccc(OC(F)(F)F)cc2)C1. The molecule has 3 nitrogen and oxygen atoms in total. The zero-order valence-corrected chi connectivity index (χ0v) is 14.5. The van der Waals surface area contributed by atoms with Crippen molar-refractivity contribution in [3.05, 3.63) is 24.3 Å². The van der Waals surface area contributed by atoms with Crippen LogP contribution in [-0.2, 0) is 0 Å². The first-order chi connectivity index (χ1) is 11.9. The number of benzene rings is 1. The minimum absolute atomic E-state index is 0.169. The molecule has 0 unspecified atom stereocenters. The Balaban J connectivity index is 1.57. The molecule has 0 amide bonds. The summed E-state index contributed by atoms with van der Waals surface area (Å²) < 4.78 is 40.7. The zero-order chi connectivity index (χ0) is 17.9. The highest BCUT2D eigenvalue weighted by molar-refractivity contribution is 5.49. The molecule has 1 saturated heterocycles. The number of anilines is 1. The van der Waals surface area contributed by atoms with Gasteiger partial charge in [0.15, 0.2) is 0 Å². The second-order valence-corrected chi connectivity index (χ2v) is 7.44. The molecule has 140 valence electrons. The number of piperidine rings is 1. The Hall–Kier alpha value is -1.43. The summed E-state index contributed by atoms with van der Waals surface area (Å²) in [4.78, 5) is 2.28. The van der Waals surface area contributed by atoms with E-state index in [9.17, 15) is 13.2 Å². The summed E-state index contributed by atoms with van der Waals surface area (Å²) in [5.41, 5.74) is 7.25. The van der Waals surface area contributed by atoms with Crippen LogP contribution in [0, 0.1) is 11.8 Å². The van der Waals surface area contributed by atoms with Crippen LogP contribution in [0.1, 0.15) is 44.9 Å². The van der Waals surface area contributed by atoms with E-state index in [1.54, 1.807) is 12.1 Å². The van der Waals surface area contributed by atoms with Gasteiger partial charge in [0.05, 0.1) is 0 Å². The molecule has 1 aromatic rings. The molecule has 0 bridgehead atoms. The Kier molecular flexibility index (Phi) is 5.77. The topological polar surface area (TPSA) is 38.5 Å². The van der Waals surface area contributed by atoms with E-state index in [0.717, 1.165) is 31.6 Å². The average Bonchev–Trinajstić information content (AvgIpc) is 2.57. The maximum absolute atomic E-state index is 12.3. The highest BCUT2D eigenvalue weighted by Crippen LogP contribution is 2.33. The number of nitrogens with two attached hydrogens (primary N) is 1. The highest BCUT2D eigenvalue weighted by atomic mass is 19.4. The Morgan fingerprint density at radius 2 is 1.76 bits per heavy atom. The third kappa shape index (κ3) is 5.27. The molecule has 1 heterocycles. The molecule has 2 N–H and O–H groups in total. The predicted molar refractivity (Wildman–Crippen MR) is 92.6 cm³/mol. The third-order valence-corrected chi connectivity index (χ3v) is 5.56. The molecule has 0 aromatic heterocycles. The maximum atomic E-state index is 12.3. The molecule has 3 atom stereocenters. The number of nitrogens with zero attached hydrogens (tertiary/aromatic N) is 1. The fourth-order valence-electron chi connectivity index (χ4n) is 4.31. The van der Waals surface area contributed by atoms with E-state index in [-0.39, 0.29) is 5.75 Å². The lowest BCUT2D eigenvalue weighted by Crippen LogP contribution is -2.39. The van der Waals surface area contributed by atoms with Gasteiger partial charge < -0.3 is 15.4 Å². The zero-order valence-electron chi connectivity index (χ0n) is 14.5. The monoisotopic (exact) mass is 356 g/mol. The number of rotatable bonds is 4. The molecule has 0 spiro atoms. The van der Waals surface area contributed by atoms with Crippen molar-refractivity contribution in [1.82, 2.24) is 0 Å². The quantitative estimate of drug-likeness (QED) is 0.849. The summed E-state index contributed by atoms with van der Waals surface area (Å²) in [5.74, 6) is 1.08. The molecule has 1 aliphatic heterocycles. The number of halogens is 3. The second-order valence-electron chi connectivity index (χ2n) is 7.44. The molecule has 1 saturated carbocycles. The van der Waals surface area contributed by atoms with Gasteiger partial charge in [0.25, 0.3) is 0 Å². The van der Waals surface area contributed by atoms with Gasteiger partial charge in [0, 0.05) is 24.8 Å². The molecule has 2 aliphatic rings. The summed E-state index contributed by atoms with van der Waals surface area (Å²) in [5, 5.41) is 0. The Labute approximate surface area is 147 Å². The van der Waals surface area contributed by atoms with Crippen molar-refractivity contribution in [1.29, 1.82) is 0 Å². The van der Waals surface area contributed by atoms with E-state index >= 15 is 0 Å². The third-order valence-electron chi connectivity index (χ3n) is 5.56. The Morgan fingerprint density at radius 1 is 1.04 bits per heavy atom. The first kappa shape index (κ1) is 18.4. The van der Waals surface area contributed by atoms with Gasteiger partial charge in [0.2, 0.25) is 0 Å². The van der Waals surface area contributed by atoms with Crippen LogP contribution in [0.3, 0.4) is 0 Å². The van der Waals surface area contributed by atoms with Gasteiger partial charge in [-0.3, -0.25) is 0 Å². The van der Waals surface area contributed by atoms with Gasteiger partial charge >= 0.3 is 6.36 Å². The van der Waals surface area contributed by atoms with E-state index in [4.69, 9.17) is 5.73 Å².